The van der Waals surface area contributed by atoms with Crippen LogP contribution in [-0.2, 0) is 6.18 Å². The average Bonchev–Trinajstić information content (AvgIpc) is 2.75. The van der Waals surface area contributed by atoms with Crippen molar-refractivity contribution in [3.05, 3.63) is 59.7 Å². The number of benzene rings is 2. The summed E-state index contributed by atoms with van der Waals surface area (Å²) < 4.78 is 44.7. The van der Waals surface area contributed by atoms with E-state index in [4.69, 9.17) is 4.74 Å². The van der Waals surface area contributed by atoms with Gasteiger partial charge in [-0.3, -0.25) is 4.90 Å². The van der Waals surface area contributed by atoms with Gasteiger partial charge in [-0.25, -0.2) is 4.79 Å². The van der Waals surface area contributed by atoms with Gasteiger partial charge in [0.25, 0.3) is 0 Å². The molecule has 162 valence electrons. The van der Waals surface area contributed by atoms with E-state index < -0.39 is 17.8 Å². The monoisotopic (exact) mass is 421 g/mol. The number of amides is 2. The first-order chi connectivity index (χ1) is 14.4. The molecule has 0 spiro atoms. The second-order valence-corrected chi connectivity index (χ2v) is 7.26. The molecule has 8 heteroatoms. The van der Waals surface area contributed by atoms with E-state index in [-0.39, 0.29) is 18.3 Å². The second-order valence-electron chi connectivity index (χ2n) is 7.26. The standard InChI is InChI=1S/C22H26F3N3O2/c1-30-17-11-9-16(10-12-17)20(28-13-5-2-6-14-28)15-26-21(29)27-19-8-4-3-7-18(19)22(23,24)25/h3-4,7-12,20H,2,5-6,13-15H2,1H3,(H2,26,27,29). The van der Waals surface area contributed by atoms with Gasteiger partial charge in [-0.1, -0.05) is 30.7 Å². The van der Waals surface area contributed by atoms with Crippen LogP contribution in [0, 0.1) is 0 Å². The van der Waals surface area contributed by atoms with Crippen LogP contribution >= 0.6 is 0 Å². The summed E-state index contributed by atoms with van der Waals surface area (Å²) in [5, 5.41) is 5.08. The number of nitrogens with zero attached hydrogens (tertiary/aromatic N) is 1. The number of likely N-dealkylation sites (tertiary alicyclic amines) is 1. The number of carbonyl (C=O) groups is 1. The molecule has 0 aromatic heterocycles. The Kier molecular flexibility index (Phi) is 7.20. The fourth-order valence-electron chi connectivity index (χ4n) is 3.71. The number of ether oxygens (including phenoxy) is 1. The van der Waals surface area contributed by atoms with E-state index in [9.17, 15) is 18.0 Å². The predicted molar refractivity (Wildman–Crippen MR) is 110 cm³/mol. The van der Waals surface area contributed by atoms with Gasteiger partial charge in [-0.15, -0.1) is 0 Å². The number of para-hydroxylation sites is 1. The van der Waals surface area contributed by atoms with Crippen molar-refractivity contribution in [2.75, 3.05) is 32.1 Å². The molecule has 2 aromatic rings. The normalized spacial score (nSPS) is 16.0. The maximum atomic E-state index is 13.2. The van der Waals surface area contributed by atoms with Gasteiger partial charge in [-0.05, 0) is 55.8 Å². The highest BCUT2D eigenvalue weighted by Gasteiger charge is 2.33. The lowest BCUT2D eigenvalue weighted by molar-refractivity contribution is -0.136. The maximum Gasteiger partial charge on any atom is 0.418 e. The van der Waals surface area contributed by atoms with Crippen LogP contribution in [-0.4, -0.2) is 37.7 Å². The molecule has 2 N–H and O–H groups in total. The zero-order valence-corrected chi connectivity index (χ0v) is 16.8. The van der Waals surface area contributed by atoms with Gasteiger partial charge in [0.15, 0.2) is 0 Å². The summed E-state index contributed by atoms with van der Waals surface area (Å²) in [6.45, 7) is 2.11. The number of piperidine rings is 1. The summed E-state index contributed by atoms with van der Waals surface area (Å²) in [6, 6.07) is 11.9. The van der Waals surface area contributed by atoms with Gasteiger partial charge in [0.1, 0.15) is 5.75 Å². The Hall–Kier alpha value is -2.74. The van der Waals surface area contributed by atoms with E-state index in [1.54, 1.807) is 7.11 Å². The van der Waals surface area contributed by atoms with Gasteiger partial charge >= 0.3 is 12.2 Å². The zero-order valence-electron chi connectivity index (χ0n) is 16.8. The van der Waals surface area contributed by atoms with Crippen molar-refractivity contribution < 1.29 is 22.7 Å². The molecule has 2 aromatic carbocycles. The molecule has 1 unspecified atom stereocenters. The molecule has 1 heterocycles. The van der Waals surface area contributed by atoms with E-state index >= 15 is 0 Å². The first kappa shape index (κ1) is 22.0. The van der Waals surface area contributed by atoms with E-state index in [2.05, 4.69) is 15.5 Å². The number of rotatable bonds is 6. The van der Waals surface area contributed by atoms with Crippen LogP contribution in [0.15, 0.2) is 48.5 Å². The number of urea groups is 1. The number of halogens is 3. The Bertz CT molecular complexity index is 834. The number of hydrogen-bond acceptors (Lipinski definition) is 3. The molecule has 1 atom stereocenters. The predicted octanol–water partition coefficient (Wildman–Crippen LogP) is 5.06. The van der Waals surface area contributed by atoms with Crippen LogP contribution in [0.25, 0.3) is 0 Å². The van der Waals surface area contributed by atoms with Crippen molar-refractivity contribution in [1.82, 2.24) is 10.2 Å². The van der Waals surface area contributed by atoms with Gasteiger partial charge in [-0.2, -0.15) is 13.2 Å². The molecule has 0 bridgehead atoms. The lowest BCUT2D eigenvalue weighted by Crippen LogP contribution is -2.41. The summed E-state index contributed by atoms with van der Waals surface area (Å²) in [4.78, 5) is 14.7. The molecule has 1 aliphatic heterocycles. The molecule has 5 nitrogen and oxygen atoms in total. The molecule has 3 rings (SSSR count). The van der Waals surface area contributed by atoms with E-state index in [1.807, 2.05) is 24.3 Å². The van der Waals surface area contributed by atoms with Crippen molar-refractivity contribution in [2.45, 2.75) is 31.5 Å². The first-order valence-corrected chi connectivity index (χ1v) is 9.97. The average molecular weight is 421 g/mol. The lowest BCUT2D eigenvalue weighted by atomic mass is 10.0. The summed E-state index contributed by atoms with van der Waals surface area (Å²) in [6.07, 6.45) is -1.20. The van der Waals surface area contributed by atoms with Crippen molar-refractivity contribution in [3.63, 3.8) is 0 Å². The number of carbonyl (C=O) groups excluding carboxylic acids is 1. The zero-order chi connectivity index (χ0) is 21.6. The SMILES string of the molecule is COc1ccc(C(CNC(=O)Nc2ccccc2C(F)(F)F)N2CCCCC2)cc1. The Morgan fingerprint density at radius 2 is 1.73 bits per heavy atom. The highest BCUT2D eigenvalue weighted by atomic mass is 19.4. The molecule has 30 heavy (non-hydrogen) atoms. The Balaban J connectivity index is 1.70. The molecule has 1 aliphatic rings. The van der Waals surface area contributed by atoms with Crippen LogP contribution in [0.4, 0.5) is 23.7 Å². The van der Waals surface area contributed by atoms with Gasteiger partial charge in [0.2, 0.25) is 0 Å². The van der Waals surface area contributed by atoms with Gasteiger partial charge in [0, 0.05) is 6.54 Å². The highest BCUT2D eigenvalue weighted by Crippen LogP contribution is 2.34. The maximum absolute atomic E-state index is 13.2. The largest absolute Gasteiger partial charge is 0.497 e. The number of hydrogen-bond donors (Lipinski definition) is 2. The molecule has 1 fully saturated rings. The molecule has 0 radical (unpaired) electrons. The fourth-order valence-corrected chi connectivity index (χ4v) is 3.71. The minimum Gasteiger partial charge on any atom is -0.497 e. The van der Waals surface area contributed by atoms with Gasteiger partial charge in [0.05, 0.1) is 24.4 Å². The molecule has 2 amide bonds. The van der Waals surface area contributed by atoms with Crippen molar-refractivity contribution in [1.29, 1.82) is 0 Å². The van der Waals surface area contributed by atoms with Crippen LogP contribution in [0.3, 0.4) is 0 Å². The quantitative estimate of drug-likeness (QED) is 0.685. The van der Waals surface area contributed by atoms with Crippen LogP contribution in [0.5, 0.6) is 5.75 Å². The third-order valence-corrected chi connectivity index (χ3v) is 5.27. The third-order valence-electron chi connectivity index (χ3n) is 5.27. The molecule has 0 aliphatic carbocycles. The van der Waals surface area contributed by atoms with Crippen molar-refractivity contribution >= 4 is 11.7 Å². The summed E-state index contributed by atoms with van der Waals surface area (Å²) in [5.74, 6) is 0.741. The van der Waals surface area contributed by atoms with Crippen LogP contribution < -0.4 is 15.4 Å². The van der Waals surface area contributed by atoms with Crippen LogP contribution in [0.2, 0.25) is 0 Å². The summed E-state index contributed by atoms with van der Waals surface area (Å²) in [5.41, 5.74) is -0.113. The summed E-state index contributed by atoms with van der Waals surface area (Å²) in [7, 11) is 1.60. The van der Waals surface area contributed by atoms with E-state index in [0.717, 1.165) is 43.3 Å². The molecular formula is C22H26F3N3O2. The smallest absolute Gasteiger partial charge is 0.418 e. The molecule has 1 saturated heterocycles. The molecular weight excluding hydrogens is 395 g/mol. The second kappa shape index (κ2) is 9.84. The Morgan fingerprint density at radius 3 is 2.37 bits per heavy atom. The Morgan fingerprint density at radius 1 is 1.07 bits per heavy atom. The number of anilines is 1. The number of methoxy groups -OCH3 is 1. The molecule has 0 saturated carbocycles. The van der Waals surface area contributed by atoms with Crippen molar-refractivity contribution in [3.8, 4) is 5.75 Å². The van der Waals surface area contributed by atoms with Crippen molar-refractivity contribution in [2.24, 2.45) is 0 Å². The lowest BCUT2D eigenvalue weighted by Gasteiger charge is -2.35. The van der Waals surface area contributed by atoms with Gasteiger partial charge < -0.3 is 15.4 Å². The number of nitrogens with one attached hydrogen (secondary N) is 2. The third kappa shape index (κ3) is 5.66. The fraction of sp³-hybridized carbons (Fsp3) is 0.409. The topological polar surface area (TPSA) is 53.6 Å². The van der Waals surface area contributed by atoms with E-state index in [0.29, 0.717) is 0 Å². The Labute approximate surface area is 174 Å². The minimum atomic E-state index is -4.54. The number of alkyl halides is 3. The highest BCUT2D eigenvalue weighted by molar-refractivity contribution is 5.90. The van der Waals surface area contributed by atoms with Crippen LogP contribution in [0.1, 0.15) is 36.4 Å². The summed E-state index contributed by atoms with van der Waals surface area (Å²) >= 11 is 0. The van der Waals surface area contributed by atoms with E-state index in [1.165, 1.54) is 24.6 Å². The first-order valence-electron chi connectivity index (χ1n) is 9.97. The minimum absolute atomic E-state index is 0.0696.